The molecule has 0 bridgehead atoms. The van der Waals surface area contributed by atoms with Crippen LogP contribution < -0.4 is 4.74 Å². The molecule has 0 aliphatic heterocycles. The van der Waals surface area contributed by atoms with Gasteiger partial charge in [0.05, 0.1) is 5.56 Å². The Kier molecular flexibility index (Phi) is 5.69. The number of benzene rings is 2. The number of halogens is 1. The highest BCUT2D eigenvalue weighted by atomic mass is 19.1. The lowest BCUT2D eigenvalue weighted by molar-refractivity contribution is -0.152. The van der Waals surface area contributed by atoms with E-state index in [2.05, 4.69) is 0 Å². The lowest BCUT2D eigenvalue weighted by Gasteiger charge is -2.24. The summed E-state index contributed by atoms with van der Waals surface area (Å²) in [4.78, 5) is 23.4. The molecule has 0 heterocycles. The van der Waals surface area contributed by atoms with Crippen LogP contribution in [0.1, 0.15) is 40.9 Å². The van der Waals surface area contributed by atoms with Crippen LogP contribution in [0.15, 0.2) is 36.4 Å². The van der Waals surface area contributed by atoms with Crippen LogP contribution in [0, 0.1) is 19.7 Å². The van der Waals surface area contributed by atoms with Crippen molar-refractivity contribution in [3.8, 4) is 11.5 Å². The Morgan fingerprint density at radius 1 is 1.11 bits per heavy atom. The van der Waals surface area contributed by atoms with Crippen molar-refractivity contribution in [2.24, 2.45) is 0 Å². The van der Waals surface area contributed by atoms with E-state index < -0.39 is 23.2 Å². The molecule has 0 aliphatic rings. The van der Waals surface area contributed by atoms with Crippen molar-refractivity contribution in [1.29, 1.82) is 0 Å². The number of hydrogen-bond acceptors (Lipinski definition) is 4. The lowest BCUT2D eigenvalue weighted by Crippen LogP contribution is -2.38. The van der Waals surface area contributed by atoms with E-state index in [0.717, 1.165) is 6.07 Å². The number of allylic oxidation sites excluding steroid dienone is 1. The molecule has 2 rings (SSSR count). The van der Waals surface area contributed by atoms with E-state index in [-0.39, 0.29) is 11.3 Å². The smallest absolute Gasteiger partial charge is 0.347 e. The summed E-state index contributed by atoms with van der Waals surface area (Å²) in [5.74, 6) is -2.19. The molecular weight excluding hydrogens is 351 g/mol. The van der Waals surface area contributed by atoms with Gasteiger partial charge in [-0.25, -0.2) is 9.18 Å². The van der Waals surface area contributed by atoms with Crippen LogP contribution >= 0.6 is 0 Å². The van der Waals surface area contributed by atoms with E-state index in [1.807, 2.05) is 0 Å². The number of phenols is 1. The third-order valence-corrected chi connectivity index (χ3v) is 4.00. The maximum absolute atomic E-state index is 13.8. The summed E-state index contributed by atoms with van der Waals surface area (Å²) in [5, 5.41) is 18.4. The minimum Gasteiger partial charge on any atom is -0.508 e. The van der Waals surface area contributed by atoms with Crippen LogP contribution in [0.5, 0.6) is 11.5 Å². The largest absolute Gasteiger partial charge is 0.508 e. The van der Waals surface area contributed by atoms with Gasteiger partial charge in [0.25, 0.3) is 0 Å². The summed E-state index contributed by atoms with van der Waals surface area (Å²) in [7, 11) is 0. The zero-order valence-electron chi connectivity index (χ0n) is 15.5. The van der Waals surface area contributed by atoms with Crippen molar-refractivity contribution in [1.82, 2.24) is 0 Å². The van der Waals surface area contributed by atoms with Crippen LogP contribution in [0.2, 0.25) is 0 Å². The van der Waals surface area contributed by atoms with Crippen molar-refractivity contribution >= 4 is 17.8 Å². The summed E-state index contributed by atoms with van der Waals surface area (Å²) in [6.45, 7) is 6.48. The van der Waals surface area contributed by atoms with Gasteiger partial charge >= 0.3 is 5.97 Å². The second kappa shape index (κ2) is 7.61. The Labute approximate surface area is 156 Å². The molecule has 0 atom stereocenters. The van der Waals surface area contributed by atoms with Crippen molar-refractivity contribution in [2.75, 3.05) is 0 Å². The fourth-order valence-electron chi connectivity index (χ4n) is 2.51. The highest BCUT2D eigenvalue weighted by Gasteiger charge is 2.30. The van der Waals surface area contributed by atoms with Crippen LogP contribution in [0.3, 0.4) is 0 Å². The minimum absolute atomic E-state index is 0.138. The molecule has 142 valence electrons. The number of carboxylic acids is 1. The number of carbonyl (C=O) groups is 2. The predicted octanol–water partition coefficient (Wildman–Crippen LogP) is 4.29. The number of carboxylic acid groups (broad SMARTS) is 1. The summed E-state index contributed by atoms with van der Waals surface area (Å²) in [6.07, 6.45) is 2.78. The molecule has 6 heteroatoms. The van der Waals surface area contributed by atoms with E-state index >= 15 is 0 Å². The molecule has 27 heavy (non-hydrogen) atoms. The van der Waals surface area contributed by atoms with Crippen LogP contribution in [0.25, 0.3) is 6.08 Å². The minimum atomic E-state index is -1.38. The fourth-order valence-corrected chi connectivity index (χ4v) is 2.51. The van der Waals surface area contributed by atoms with Gasteiger partial charge in [-0.2, -0.15) is 0 Å². The third kappa shape index (κ3) is 4.73. The number of ether oxygens (including phenoxy) is 1. The normalized spacial score (nSPS) is 11.6. The Hall–Kier alpha value is -3.15. The molecule has 0 unspecified atom stereocenters. The number of rotatable bonds is 6. The van der Waals surface area contributed by atoms with Crippen LogP contribution in [-0.4, -0.2) is 27.6 Å². The van der Waals surface area contributed by atoms with Gasteiger partial charge in [0.15, 0.2) is 11.4 Å². The van der Waals surface area contributed by atoms with Crippen LogP contribution in [0.4, 0.5) is 4.39 Å². The van der Waals surface area contributed by atoms with E-state index in [0.29, 0.717) is 22.4 Å². The third-order valence-electron chi connectivity index (χ3n) is 4.00. The fraction of sp³-hybridized carbons (Fsp3) is 0.238. The number of ketones is 1. The second-order valence-electron chi connectivity index (χ2n) is 6.76. The van der Waals surface area contributed by atoms with E-state index in [4.69, 9.17) is 4.74 Å². The first kappa shape index (κ1) is 20.2. The van der Waals surface area contributed by atoms with Gasteiger partial charge < -0.3 is 14.9 Å². The van der Waals surface area contributed by atoms with Crippen molar-refractivity contribution < 1.29 is 28.9 Å². The first-order valence-electron chi connectivity index (χ1n) is 8.26. The van der Waals surface area contributed by atoms with Gasteiger partial charge in [0.2, 0.25) is 0 Å². The lowest BCUT2D eigenvalue weighted by atomic mass is 10.0. The van der Waals surface area contributed by atoms with Gasteiger partial charge in [-0.1, -0.05) is 6.08 Å². The van der Waals surface area contributed by atoms with Crippen molar-refractivity contribution in [3.63, 3.8) is 0 Å². The topological polar surface area (TPSA) is 83.8 Å². The van der Waals surface area contributed by atoms with E-state index in [1.165, 1.54) is 32.1 Å². The first-order chi connectivity index (χ1) is 12.5. The standard InChI is InChI=1S/C21H21FO5/c1-12-9-14(10-13(2)19(12)27-21(3,4)20(25)26)5-8-18(24)16-7-6-15(23)11-17(16)22/h5-11,23H,1-4H3,(H,25,26). The first-order valence-corrected chi connectivity index (χ1v) is 8.26. The van der Waals surface area contributed by atoms with Gasteiger partial charge in [0.1, 0.15) is 17.3 Å². The Balaban J connectivity index is 2.26. The molecular formula is C21H21FO5. The molecule has 2 aromatic rings. The Morgan fingerprint density at radius 3 is 2.22 bits per heavy atom. The summed E-state index contributed by atoms with van der Waals surface area (Å²) < 4.78 is 19.4. The quantitative estimate of drug-likeness (QED) is 0.584. The second-order valence-corrected chi connectivity index (χ2v) is 6.76. The monoisotopic (exact) mass is 372 g/mol. The van der Waals surface area contributed by atoms with E-state index in [9.17, 15) is 24.2 Å². The van der Waals surface area contributed by atoms with Crippen molar-refractivity contribution in [2.45, 2.75) is 33.3 Å². The predicted molar refractivity (Wildman–Crippen MR) is 99.7 cm³/mol. The molecule has 0 radical (unpaired) electrons. The molecule has 0 spiro atoms. The van der Waals surface area contributed by atoms with E-state index in [1.54, 1.807) is 32.1 Å². The molecule has 0 saturated heterocycles. The molecule has 2 aromatic carbocycles. The Bertz CT molecular complexity index is 905. The molecule has 0 fully saturated rings. The average molecular weight is 372 g/mol. The zero-order valence-corrected chi connectivity index (χ0v) is 15.5. The SMILES string of the molecule is Cc1cc(C=CC(=O)c2ccc(O)cc2F)cc(C)c1OC(C)(C)C(=O)O. The number of hydrogen-bond donors (Lipinski definition) is 2. The van der Waals surface area contributed by atoms with Gasteiger partial charge in [-0.15, -0.1) is 0 Å². The summed E-state index contributed by atoms with van der Waals surface area (Å²) >= 11 is 0. The van der Waals surface area contributed by atoms with Gasteiger partial charge in [0, 0.05) is 6.07 Å². The highest BCUT2D eigenvalue weighted by Crippen LogP contribution is 2.29. The molecule has 2 N–H and O–H groups in total. The van der Waals surface area contributed by atoms with Crippen LogP contribution in [-0.2, 0) is 4.79 Å². The number of carbonyl (C=O) groups excluding carboxylic acids is 1. The Morgan fingerprint density at radius 2 is 1.70 bits per heavy atom. The summed E-state index contributed by atoms with van der Waals surface area (Å²) in [6, 6.07) is 6.84. The summed E-state index contributed by atoms with van der Waals surface area (Å²) in [5.41, 5.74) is 0.609. The number of aryl methyl sites for hydroxylation is 2. The molecule has 0 saturated carbocycles. The number of phenolic OH excluding ortho intramolecular Hbond substituents is 1. The number of aliphatic carboxylic acids is 1. The zero-order chi connectivity index (χ0) is 20.4. The average Bonchev–Trinajstić information content (AvgIpc) is 2.56. The number of aromatic hydroxyl groups is 1. The highest BCUT2D eigenvalue weighted by molar-refractivity contribution is 6.07. The molecule has 0 aliphatic carbocycles. The molecule has 0 amide bonds. The van der Waals surface area contributed by atoms with Crippen molar-refractivity contribution in [3.05, 3.63) is 64.5 Å². The van der Waals surface area contributed by atoms with Gasteiger partial charge in [-0.05, 0) is 74.7 Å². The van der Waals surface area contributed by atoms with Gasteiger partial charge in [-0.3, -0.25) is 4.79 Å². The maximum Gasteiger partial charge on any atom is 0.347 e. The molecule has 5 nitrogen and oxygen atoms in total. The molecule has 0 aromatic heterocycles. The maximum atomic E-state index is 13.8.